The molecule has 0 fully saturated rings. The van der Waals surface area contributed by atoms with Gasteiger partial charge in [0.2, 0.25) is 5.88 Å². The van der Waals surface area contributed by atoms with E-state index in [4.69, 9.17) is 4.74 Å². The van der Waals surface area contributed by atoms with Crippen molar-refractivity contribution in [3.8, 4) is 22.7 Å². The van der Waals surface area contributed by atoms with Crippen molar-refractivity contribution in [2.24, 2.45) is 7.05 Å². The summed E-state index contributed by atoms with van der Waals surface area (Å²) in [7, 11) is 3.34. The third-order valence-electron chi connectivity index (χ3n) is 6.15. The van der Waals surface area contributed by atoms with Gasteiger partial charge in [-0.1, -0.05) is 6.07 Å². The number of hydrogen-bond acceptors (Lipinski definition) is 6. The molecule has 4 aromatic heterocycles. The first kappa shape index (κ1) is 21.6. The Morgan fingerprint density at radius 3 is 2.56 bits per heavy atom. The van der Waals surface area contributed by atoms with Crippen LogP contribution < -0.4 is 15.7 Å². The second-order valence-electron chi connectivity index (χ2n) is 8.25. The number of benzene rings is 1. The number of anilines is 1. The van der Waals surface area contributed by atoms with E-state index in [1.165, 1.54) is 0 Å². The molecule has 4 heterocycles. The lowest BCUT2D eigenvalue weighted by molar-refractivity contribution is 0.397. The molecule has 8 heteroatoms. The van der Waals surface area contributed by atoms with Crippen LogP contribution in [-0.4, -0.2) is 37.7 Å². The molecule has 0 amide bonds. The lowest BCUT2D eigenvalue weighted by Gasteiger charge is -2.12. The number of aryl methyl sites for hydroxylation is 3. The highest BCUT2D eigenvalue weighted by Gasteiger charge is 2.19. The maximum Gasteiger partial charge on any atom is 0.333 e. The van der Waals surface area contributed by atoms with Gasteiger partial charge in [0.25, 0.3) is 0 Å². The van der Waals surface area contributed by atoms with Crippen LogP contribution in [0.4, 0.5) is 5.69 Å². The van der Waals surface area contributed by atoms with Crippen LogP contribution in [0.5, 0.6) is 5.88 Å². The van der Waals surface area contributed by atoms with Crippen LogP contribution in [-0.2, 0) is 7.05 Å². The van der Waals surface area contributed by atoms with Crippen molar-refractivity contribution in [3.63, 3.8) is 0 Å². The van der Waals surface area contributed by atoms with Gasteiger partial charge in [-0.3, -0.25) is 19.1 Å². The van der Waals surface area contributed by atoms with Crippen LogP contribution >= 0.6 is 0 Å². The maximum atomic E-state index is 13.4. The zero-order chi connectivity index (χ0) is 24.0. The largest absolute Gasteiger partial charge is 0.481 e. The predicted octanol–water partition coefficient (Wildman–Crippen LogP) is 4.39. The van der Waals surface area contributed by atoms with Crippen molar-refractivity contribution in [1.82, 2.24) is 24.1 Å². The van der Waals surface area contributed by atoms with Crippen LogP contribution in [0.2, 0.25) is 0 Å². The van der Waals surface area contributed by atoms with E-state index < -0.39 is 0 Å². The lowest BCUT2D eigenvalue weighted by Crippen LogP contribution is -2.21. The predicted molar refractivity (Wildman–Crippen MR) is 135 cm³/mol. The highest BCUT2D eigenvalue weighted by molar-refractivity contribution is 6.04. The van der Waals surface area contributed by atoms with E-state index in [2.05, 4.69) is 39.3 Å². The molecule has 0 saturated carbocycles. The normalized spacial score (nSPS) is 11.3. The van der Waals surface area contributed by atoms with Gasteiger partial charge in [-0.25, -0.2) is 9.78 Å². The molecule has 0 bridgehead atoms. The van der Waals surface area contributed by atoms with E-state index in [1.807, 2.05) is 38.2 Å². The molecule has 0 saturated heterocycles. The lowest BCUT2D eigenvalue weighted by atomic mass is 10.0. The highest BCUT2D eigenvalue weighted by atomic mass is 16.5. The number of fused-ring (bicyclic) bond motifs is 3. The van der Waals surface area contributed by atoms with E-state index in [1.54, 1.807) is 35.6 Å². The van der Waals surface area contributed by atoms with Crippen LogP contribution in [0.1, 0.15) is 18.3 Å². The number of nitrogens with zero attached hydrogens (tertiary/aromatic N) is 5. The summed E-state index contributed by atoms with van der Waals surface area (Å²) in [5.41, 5.74) is 7.56. The Morgan fingerprint density at radius 2 is 1.82 bits per heavy atom. The second kappa shape index (κ2) is 8.30. The minimum absolute atomic E-state index is 0.156. The summed E-state index contributed by atoms with van der Waals surface area (Å²) in [6.45, 7) is 6.75. The van der Waals surface area contributed by atoms with Crippen molar-refractivity contribution < 1.29 is 4.74 Å². The summed E-state index contributed by atoms with van der Waals surface area (Å²) < 4.78 is 8.58. The van der Waals surface area contributed by atoms with Crippen molar-refractivity contribution in [1.29, 1.82) is 0 Å². The molecule has 34 heavy (non-hydrogen) atoms. The van der Waals surface area contributed by atoms with Crippen LogP contribution in [0.15, 0.2) is 53.6 Å². The molecule has 0 atom stereocenters. The number of rotatable bonds is 5. The smallest absolute Gasteiger partial charge is 0.333 e. The summed E-state index contributed by atoms with van der Waals surface area (Å²) >= 11 is 0. The van der Waals surface area contributed by atoms with E-state index in [-0.39, 0.29) is 5.69 Å². The number of pyridine rings is 3. The minimum atomic E-state index is -0.156. The van der Waals surface area contributed by atoms with Gasteiger partial charge >= 0.3 is 5.69 Å². The van der Waals surface area contributed by atoms with Gasteiger partial charge in [0.1, 0.15) is 0 Å². The summed E-state index contributed by atoms with van der Waals surface area (Å²) in [5.74, 6) is 0.506. The van der Waals surface area contributed by atoms with Gasteiger partial charge in [-0.2, -0.15) is 0 Å². The fourth-order valence-electron chi connectivity index (χ4n) is 4.34. The van der Waals surface area contributed by atoms with Crippen molar-refractivity contribution in [2.45, 2.75) is 20.8 Å². The first-order chi connectivity index (χ1) is 16.4. The van der Waals surface area contributed by atoms with Crippen LogP contribution in [0.3, 0.4) is 0 Å². The summed E-state index contributed by atoms with van der Waals surface area (Å²) in [5, 5.41) is 4.25. The molecular formula is C26H26N6O2. The molecular weight excluding hydrogens is 428 g/mol. The molecule has 0 spiro atoms. The molecule has 0 unspecified atom stereocenters. The Morgan fingerprint density at radius 1 is 1.00 bits per heavy atom. The molecule has 1 aromatic carbocycles. The molecule has 0 aliphatic carbocycles. The Hall–Kier alpha value is -4.20. The Labute approximate surface area is 196 Å². The second-order valence-corrected chi connectivity index (χ2v) is 8.25. The Balaban J connectivity index is 1.80. The van der Waals surface area contributed by atoms with Gasteiger partial charge in [0.15, 0.2) is 0 Å². The highest BCUT2D eigenvalue weighted by Crippen LogP contribution is 2.31. The third-order valence-corrected chi connectivity index (χ3v) is 6.15. The maximum absolute atomic E-state index is 13.4. The number of methoxy groups -OCH3 is 1. The van der Waals surface area contributed by atoms with Gasteiger partial charge in [0, 0.05) is 36.8 Å². The summed E-state index contributed by atoms with van der Waals surface area (Å²) in [6.07, 6.45) is 3.62. The third kappa shape index (κ3) is 3.39. The minimum Gasteiger partial charge on any atom is -0.481 e. The zero-order valence-corrected chi connectivity index (χ0v) is 19.9. The van der Waals surface area contributed by atoms with Gasteiger partial charge in [-0.15, -0.1) is 0 Å². The van der Waals surface area contributed by atoms with Gasteiger partial charge in [0.05, 0.1) is 52.6 Å². The van der Waals surface area contributed by atoms with Crippen molar-refractivity contribution in [2.75, 3.05) is 19.0 Å². The van der Waals surface area contributed by atoms with Gasteiger partial charge < -0.3 is 10.1 Å². The number of aromatic nitrogens is 5. The first-order valence-corrected chi connectivity index (χ1v) is 11.2. The van der Waals surface area contributed by atoms with Gasteiger partial charge in [-0.05, 0) is 50.6 Å². The number of nitrogens with one attached hydrogen (secondary N) is 1. The number of ether oxygens (including phenoxy) is 1. The first-order valence-electron chi connectivity index (χ1n) is 11.2. The molecule has 0 aliphatic heterocycles. The average Bonchev–Trinajstić information content (AvgIpc) is 3.10. The molecule has 0 radical (unpaired) electrons. The monoisotopic (exact) mass is 454 g/mol. The Kier molecular flexibility index (Phi) is 5.28. The molecule has 172 valence electrons. The summed E-state index contributed by atoms with van der Waals surface area (Å²) in [6, 6.07) is 11.8. The topological polar surface area (TPSA) is 86.9 Å². The van der Waals surface area contributed by atoms with E-state index >= 15 is 0 Å². The van der Waals surface area contributed by atoms with Crippen LogP contribution in [0, 0.1) is 13.8 Å². The van der Waals surface area contributed by atoms with E-state index in [9.17, 15) is 4.79 Å². The molecule has 8 nitrogen and oxygen atoms in total. The summed E-state index contributed by atoms with van der Waals surface area (Å²) in [4.78, 5) is 27.1. The van der Waals surface area contributed by atoms with Crippen molar-refractivity contribution in [3.05, 3.63) is 70.7 Å². The zero-order valence-electron chi connectivity index (χ0n) is 19.9. The molecule has 1 N–H and O–H groups in total. The average molecular weight is 455 g/mol. The SMILES string of the molecule is CCNc1cc(-c2ccc3ncc4c(c3c2)n(-c2ccc(OC)nc2C)c(=O)n4C)cnc1C. The van der Waals surface area contributed by atoms with Crippen LogP contribution in [0.25, 0.3) is 38.8 Å². The molecule has 5 rings (SSSR count). The Bertz CT molecular complexity index is 1620. The van der Waals surface area contributed by atoms with E-state index in [0.29, 0.717) is 17.3 Å². The fourth-order valence-corrected chi connectivity index (χ4v) is 4.34. The standard InChI is InChI=1S/C26H26N6O2/c1-6-27-21-12-18(13-28-15(21)2)17-7-8-20-19(11-17)25-23(14-29-20)31(4)26(33)32(25)22-9-10-24(34-5)30-16(22)3/h7-14,27H,6H2,1-5H3. The number of hydrogen-bond donors (Lipinski definition) is 1. The molecule has 5 aromatic rings. The fraction of sp³-hybridized carbons (Fsp3) is 0.231. The number of imidazole rings is 1. The quantitative estimate of drug-likeness (QED) is 0.424. The molecule has 0 aliphatic rings. The van der Waals surface area contributed by atoms with E-state index in [0.717, 1.165) is 51.0 Å². The van der Waals surface area contributed by atoms with Crippen molar-refractivity contribution >= 4 is 27.6 Å².